The quantitative estimate of drug-likeness (QED) is 0.448. The average molecular weight is 399 g/mol. The Morgan fingerprint density at radius 1 is 0.793 bits per heavy atom. The van der Waals surface area contributed by atoms with E-state index in [-0.39, 0.29) is 5.91 Å². The molecule has 0 aliphatic carbocycles. The maximum Gasteiger partial charge on any atom is 0.251 e. The molecule has 0 radical (unpaired) electrons. The molecule has 0 saturated carbocycles. The Kier molecular flexibility index (Phi) is 5.68. The zero-order valence-corrected chi connectivity index (χ0v) is 16.4. The van der Waals surface area contributed by atoms with Gasteiger partial charge in [0.2, 0.25) is 0 Å². The van der Waals surface area contributed by atoms with Crippen LogP contribution in [0.1, 0.15) is 15.9 Å². The predicted molar refractivity (Wildman–Crippen MR) is 118 cm³/mol. The topological polar surface area (TPSA) is 42.0 Å². The van der Waals surface area contributed by atoms with Crippen LogP contribution in [0.4, 0.5) is 0 Å². The Hall–Kier alpha value is -3.43. The number of benzene rings is 3. The van der Waals surface area contributed by atoms with Crippen molar-refractivity contribution in [1.82, 2.24) is 10.3 Å². The van der Waals surface area contributed by atoms with Gasteiger partial charge in [-0.15, -0.1) is 0 Å². The molecular weight excluding hydrogens is 380 g/mol. The number of pyridine rings is 1. The van der Waals surface area contributed by atoms with Crippen LogP contribution in [0.25, 0.3) is 22.3 Å². The maximum absolute atomic E-state index is 12.6. The average Bonchev–Trinajstić information content (AvgIpc) is 2.79. The van der Waals surface area contributed by atoms with Crippen LogP contribution in [0.5, 0.6) is 0 Å². The minimum absolute atomic E-state index is 0.138. The van der Waals surface area contributed by atoms with E-state index >= 15 is 0 Å². The van der Waals surface area contributed by atoms with E-state index in [9.17, 15) is 4.79 Å². The Morgan fingerprint density at radius 3 is 2.17 bits per heavy atom. The summed E-state index contributed by atoms with van der Waals surface area (Å²) < 4.78 is 0. The first-order valence-electron chi connectivity index (χ1n) is 9.33. The summed E-state index contributed by atoms with van der Waals surface area (Å²) in [6.45, 7) is 0.449. The molecule has 0 spiro atoms. The van der Waals surface area contributed by atoms with Gasteiger partial charge in [0.15, 0.2) is 0 Å². The third-order valence-corrected chi connectivity index (χ3v) is 5.06. The highest BCUT2D eigenvalue weighted by molar-refractivity contribution is 6.33. The second kappa shape index (κ2) is 8.72. The molecule has 4 rings (SSSR count). The van der Waals surface area contributed by atoms with Crippen molar-refractivity contribution in [2.45, 2.75) is 6.54 Å². The molecule has 29 heavy (non-hydrogen) atoms. The van der Waals surface area contributed by atoms with Crippen LogP contribution in [0.15, 0.2) is 97.3 Å². The van der Waals surface area contributed by atoms with Gasteiger partial charge in [0.25, 0.3) is 5.91 Å². The molecule has 0 bridgehead atoms. The number of carbonyl (C=O) groups is 1. The number of nitrogens with one attached hydrogen (secondary N) is 1. The van der Waals surface area contributed by atoms with Crippen molar-refractivity contribution in [3.8, 4) is 22.3 Å². The molecule has 0 atom stereocenters. The van der Waals surface area contributed by atoms with Crippen LogP contribution >= 0.6 is 11.6 Å². The van der Waals surface area contributed by atoms with Crippen LogP contribution in [0.3, 0.4) is 0 Å². The summed E-state index contributed by atoms with van der Waals surface area (Å²) in [7, 11) is 0. The van der Waals surface area contributed by atoms with E-state index in [1.54, 1.807) is 24.5 Å². The lowest BCUT2D eigenvalue weighted by molar-refractivity contribution is 0.0951. The van der Waals surface area contributed by atoms with Crippen molar-refractivity contribution < 1.29 is 4.79 Å². The summed E-state index contributed by atoms with van der Waals surface area (Å²) >= 11 is 6.43. The molecule has 0 unspecified atom stereocenters. The Balaban J connectivity index is 1.54. The van der Waals surface area contributed by atoms with Gasteiger partial charge in [-0.2, -0.15) is 0 Å². The highest BCUT2D eigenvalue weighted by Crippen LogP contribution is 2.31. The molecule has 0 aliphatic heterocycles. The van der Waals surface area contributed by atoms with Crippen molar-refractivity contribution in [1.29, 1.82) is 0 Å². The molecular formula is C25H19ClN2O. The standard InChI is InChI=1S/C25H19ClN2O/c26-24-11-10-22(25(29)28-17-18-12-14-27-15-13-18)16-23(24)21-8-6-20(7-9-21)19-4-2-1-3-5-19/h1-16H,17H2,(H,28,29). The van der Waals surface area contributed by atoms with Crippen LogP contribution in [0.2, 0.25) is 5.02 Å². The van der Waals surface area contributed by atoms with E-state index in [0.29, 0.717) is 17.1 Å². The van der Waals surface area contributed by atoms with Gasteiger partial charge < -0.3 is 5.32 Å². The molecule has 3 nitrogen and oxygen atoms in total. The zero-order valence-electron chi connectivity index (χ0n) is 15.7. The van der Waals surface area contributed by atoms with Crippen molar-refractivity contribution in [3.05, 3.63) is 113 Å². The minimum atomic E-state index is -0.138. The Bertz CT molecular complexity index is 1110. The number of carbonyl (C=O) groups excluding carboxylic acids is 1. The molecule has 0 fully saturated rings. The van der Waals surface area contributed by atoms with Crippen molar-refractivity contribution in [2.75, 3.05) is 0 Å². The first kappa shape index (κ1) is 18.9. The highest BCUT2D eigenvalue weighted by Gasteiger charge is 2.11. The van der Waals surface area contributed by atoms with Crippen LogP contribution in [-0.4, -0.2) is 10.9 Å². The summed E-state index contributed by atoms with van der Waals surface area (Å²) in [5, 5.41) is 3.55. The summed E-state index contributed by atoms with van der Waals surface area (Å²) in [4.78, 5) is 16.6. The van der Waals surface area contributed by atoms with Crippen molar-refractivity contribution in [3.63, 3.8) is 0 Å². The fourth-order valence-corrected chi connectivity index (χ4v) is 3.37. The van der Waals surface area contributed by atoms with Gasteiger partial charge in [0, 0.05) is 35.1 Å². The molecule has 4 heteroatoms. The predicted octanol–water partition coefficient (Wildman–Crippen LogP) is 6.00. The third-order valence-electron chi connectivity index (χ3n) is 4.73. The molecule has 1 N–H and O–H groups in total. The monoisotopic (exact) mass is 398 g/mol. The second-order valence-electron chi connectivity index (χ2n) is 6.68. The van der Waals surface area contributed by atoms with Gasteiger partial charge in [-0.25, -0.2) is 0 Å². The number of rotatable bonds is 5. The number of aromatic nitrogens is 1. The summed E-state index contributed by atoms with van der Waals surface area (Å²) in [5.74, 6) is -0.138. The fraction of sp³-hybridized carbons (Fsp3) is 0.0400. The summed E-state index contributed by atoms with van der Waals surface area (Å²) in [5.41, 5.74) is 5.68. The SMILES string of the molecule is O=C(NCc1ccncc1)c1ccc(Cl)c(-c2ccc(-c3ccccc3)cc2)c1. The molecule has 4 aromatic rings. The minimum Gasteiger partial charge on any atom is -0.348 e. The number of nitrogens with zero attached hydrogens (tertiary/aromatic N) is 1. The first-order valence-corrected chi connectivity index (χ1v) is 9.71. The molecule has 0 saturated heterocycles. The van der Waals surface area contributed by atoms with Crippen molar-refractivity contribution >= 4 is 17.5 Å². The lowest BCUT2D eigenvalue weighted by Crippen LogP contribution is -2.22. The fourth-order valence-electron chi connectivity index (χ4n) is 3.15. The van der Waals surface area contributed by atoms with E-state index in [1.165, 1.54) is 0 Å². The molecule has 1 aromatic heterocycles. The highest BCUT2D eigenvalue weighted by atomic mass is 35.5. The maximum atomic E-state index is 12.6. The summed E-state index contributed by atoms with van der Waals surface area (Å²) in [6, 6.07) is 27.5. The third kappa shape index (κ3) is 4.53. The van der Waals surface area contributed by atoms with Gasteiger partial charge in [-0.1, -0.05) is 66.2 Å². The number of amides is 1. The smallest absolute Gasteiger partial charge is 0.251 e. The largest absolute Gasteiger partial charge is 0.348 e. The van der Waals surface area contributed by atoms with E-state index in [4.69, 9.17) is 11.6 Å². The first-order chi connectivity index (χ1) is 14.2. The molecule has 0 aliphatic rings. The molecule has 1 amide bonds. The van der Waals surface area contributed by atoms with Crippen LogP contribution in [-0.2, 0) is 6.54 Å². The number of halogens is 1. The summed E-state index contributed by atoms with van der Waals surface area (Å²) in [6.07, 6.45) is 3.42. The second-order valence-corrected chi connectivity index (χ2v) is 7.08. The van der Waals surface area contributed by atoms with E-state index in [0.717, 1.165) is 27.8 Å². The van der Waals surface area contributed by atoms with Gasteiger partial charge in [-0.05, 0) is 52.6 Å². The van der Waals surface area contributed by atoms with Gasteiger partial charge in [0.05, 0.1) is 0 Å². The Labute approximate surface area is 175 Å². The number of hydrogen-bond donors (Lipinski definition) is 1. The number of hydrogen-bond acceptors (Lipinski definition) is 2. The van der Waals surface area contributed by atoms with E-state index in [1.807, 2.05) is 48.5 Å². The zero-order chi connectivity index (χ0) is 20.1. The van der Waals surface area contributed by atoms with Gasteiger partial charge in [0.1, 0.15) is 0 Å². The lowest BCUT2D eigenvalue weighted by Gasteiger charge is -2.10. The van der Waals surface area contributed by atoms with E-state index in [2.05, 4.69) is 34.6 Å². The van der Waals surface area contributed by atoms with Crippen LogP contribution in [0, 0.1) is 0 Å². The van der Waals surface area contributed by atoms with Crippen LogP contribution < -0.4 is 5.32 Å². The molecule has 142 valence electrons. The normalized spacial score (nSPS) is 10.5. The molecule has 1 heterocycles. The lowest BCUT2D eigenvalue weighted by atomic mass is 9.99. The van der Waals surface area contributed by atoms with E-state index < -0.39 is 0 Å². The van der Waals surface area contributed by atoms with Gasteiger partial charge in [-0.3, -0.25) is 9.78 Å². The Morgan fingerprint density at radius 2 is 1.45 bits per heavy atom. The molecule has 3 aromatic carbocycles. The van der Waals surface area contributed by atoms with Crippen molar-refractivity contribution in [2.24, 2.45) is 0 Å². The van der Waals surface area contributed by atoms with Gasteiger partial charge >= 0.3 is 0 Å².